The summed E-state index contributed by atoms with van der Waals surface area (Å²) in [4.78, 5) is 27.7. The largest absolute Gasteiger partial charge is 0.352 e. The van der Waals surface area contributed by atoms with E-state index in [4.69, 9.17) is 23.2 Å². The first kappa shape index (κ1) is 25.9. The highest BCUT2D eigenvalue weighted by Crippen LogP contribution is 2.25. The fraction of sp³-hybridized carbons (Fsp3) is 0.440. The lowest BCUT2D eigenvalue weighted by atomic mass is 9.95. The Morgan fingerprint density at radius 1 is 1.06 bits per heavy atom. The van der Waals surface area contributed by atoms with Crippen LogP contribution in [0.25, 0.3) is 0 Å². The second kappa shape index (κ2) is 12.6. The molecular weight excluding hydrogens is 482 g/mol. The van der Waals surface area contributed by atoms with Gasteiger partial charge < -0.3 is 10.2 Å². The molecule has 1 aliphatic carbocycles. The van der Waals surface area contributed by atoms with Gasteiger partial charge in [-0.2, -0.15) is 0 Å². The van der Waals surface area contributed by atoms with Gasteiger partial charge in [0, 0.05) is 18.3 Å². The molecule has 0 heterocycles. The van der Waals surface area contributed by atoms with Gasteiger partial charge in [0.05, 0.1) is 15.8 Å². The highest BCUT2D eigenvalue weighted by atomic mass is 35.5. The van der Waals surface area contributed by atoms with Crippen LogP contribution in [0.15, 0.2) is 42.5 Å². The van der Waals surface area contributed by atoms with Crippen LogP contribution in [0.4, 0.5) is 4.39 Å². The van der Waals surface area contributed by atoms with Crippen LogP contribution in [-0.2, 0) is 21.9 Å². The van der Waals surface area contributed by atoms with Gasteiger partial charge >= 0.3 is 0 Å². The minimum Gasteiger partial charge on any atom is -0.352 e. The molecule has 0 spiro atoms. The van der Waals surface area contributed by atoms with Crippen molar-refractivity contribution in [1.82, 2.24) is 10.2 Å². The number of benzene rings is 2. The first-order valence-electron chi connectivity index (χ1n) is 11.2. The van der Waals surface area contributed by atoms with E-state index in [1.165, 1.54) is 30.3 Å². The number of thioether (sulfide) groups is 1. The van der Waals surface area contributed by atoms with Crippen LogP contribution in [-0.4, -0.2) is 34.6 Å². The molecule has 1 saturated carbocycles. The number of carbonyl (C=O) groups is 2. The van der Waals surface area contributed by atoms with Gasteiger partial charge in [0.1, 0.15) is 11.9 Å². The minimum absolute atomic E-state index is 0.143. The zero-order chi connectivity index (χ0) is 23.8. The quantitative estimate of drug-likeness (QED) is 0.434. The second-order valence-corrected chi connectivity index (χ2v) is 10.2. The van der Waals surface area contributed by atoms with Gasteiger partial charge in [0.15, 0.2) is 0 Å². The summed E-state index contributed by atoms with van der Waals surface area (Å²) >= 11 is 13.5. The molecule has 0 radical (unpaired) electrons. The number of rotatable bonds is 9. The molecular formula is C25H29Cl2FN2O2S. The Morgan fingerprint density at radius 3 is 2.39 bits per heavy atom. The van der Waals surface area contributed by atoms with Gasteiger partial charge in [-0.05, 0) is 55.2 Å². The smallest absolute Gasteiger partial charge is 0.242 e. The Labute approximate surface area is 209 Å². The third-order valence-corrected chi connectivity index (χ3v) is 7.59. The number of carbonyl (C=O) groups excluding carboxylic acids is 2. The van der Waals surface area contributed by atoms with Gasteiger partial charge in [-0.3, -0.25) is 9.59 Å². The molecule has 0 aromatic heterocycles. The third-order valence-electron chi connectivity index (χ3n) is 5.86. The number of hydrogen-bond donors (Lipinski definition) is 1. The number of halogens is 3. The molecule has 2 amide bonds. The lowest BCUT2D eigenvalue weighted by Gasteiger charge is -2.31. The Morgan fingerprint density at radius 2 is 1.73 bits per heavy atom. The maximum absolute atomic E-state index is 13.3. The van der Waals surface area contributed by atoms with Crippen LogP contribution >= 0.6 is 35.0 Å². The Hall–Kier alpha value is -1.76. The number of nitrogens with zero attached hydrogens (tertiary/aromatic N) is 1. The van der Waals surface area contributed by atoms with E-state index in [0.29, 0.717) is 15.8 Å². The summed E-state index contributed by atoms with van der Waals surface area (Å²) in [5, 5.41) is 4.08. The molecule has 33 heavy (non-hydrogen) atoms. The fourth-order valence-electron chi connectivity index (χ4n) is 3.91. The Balaban J connectivity index is 1.65. The van der Waals surface area contributed by atoms with Crippen LogP contribution in [0, 0.1) is 5.82 Å². The molecule has 0 bridgehead atoms. The summed E-state index contributed by atoms with van der Waals surface area (Å²) in [6, 6.07) is 11.0. The van der Waals surface area contributed by atoms with Crippen LogP contribution in [0.2, 0.25) is 10.0 Å². The first-order valence-corrected chi connectivity index (χ1v) is 13.1. The fourth-order valence-corrected chi connectivity index (χ4v) is 5.08. The summed E-state index contributed by atoms with van der Waals surface area (Å²) in [6.45, 7) is 1.99. The van der Waals surface area contributed by atoms with Crippen LogP contribution in [0.1, 0.15) is 50.2 Å². The summed E-state index contributed by atoms with van der Waals surface area (Å²) in [5.74, 6) is 0.178. The molecule has 0 aliphatic heterocycles. The summed E-state index contributed by atoms with van der Waals surface area (Å²) in [6.07, 6.45) is 5.38. The summed E-state index contributed by atoms with van der Waals surface area (Å²) in [7, 11) is 0. The minimum atomic E-state index is -0.630. The molecule has 2 aromatic rings. The molecule has 1 aliphatic rings. The van der Waals surface area contributed by atoms with Crippen molar-refractivity contribution in [3.63, 3.8) is 0 Å². The molecule has 8 heteroatoms. The van der Waals surface area contributed by atoms with E-state index >= 15 is 0 Å². The van der Waals surface area contributed by atoms with E-state index in [0.717, 1.165) is 36.8 Å². The van der Waals surface area contributed by atoms with Crippen LogP contribution < -0.4 is 5.32 Å². The Kier molecular flexibility index (Phi) is 9.90. The maximum Gasteiger partial charge on any atom is 0.242 e. The van der Waals surface area contributed by atoms with Gasteiger partial charge in [-0.1, -0.05) is 60.7 Å². The Bertz CT molecular complexity index is 952. The molecule has 1 unspecified atom stereocenters. The zero-order valence-electron chi connectivity index (χ0n) is 18.7. The average molecular weight is 511 g/mol. The van der Waals surface area contributed by atoms with E-state index in [1.807, 2.05) is 6.07 Å². The van der Waals surface area contributed by atoms with Crippen molar-refractivity contribution in [1.29, 1.82) is 0 Å². The van der Waals surface area contributed by atoms with Crippen molar-refractivity contribution in [3.05, 3.63) is 69.5 Å². The summed E-state index contributed by atoms with van der Waals surface area (Å²) in [5.41, 5.74) is 1.74. The van der Waals surface area contributed by atoms with E-state index in [2.05, 4.69) is 5.32 Å². The zero-order valence-corrected chi connectivity index (χ0v) is 21.0. The van der Waals surface area contributed by atoms with Crippen molar-refractivity contribution in [2.45, 2.75) is 63.4 Å². The van der Waals surface area contributed by atoms with Crippen molar-refractivity contribution in [2.75, 3.05) is 5.75 Å². The molecule has 0 saturated heterocycles. The molecule has 1 atom stereocenters. The molecule has 178 valence electrons. The van der Waals surface area contributed by atoms with Crippen LogP contribution in [0.5, 0.6) is 0 Å². The molecule has 1 fully saturated rings. The lowest BCUT2D eigenvalue weighted by molar-refractivity contribution is -0.139. The molecule has 2 aromatic carbocycles. The van der Waals surface area contributed by atoms with E-state index in [-0.39, 0.29) is 36.0 Å². The monoisotopic (exact) mass is 510 g/mol. The van der Waals surface area contributed by atoms with E-state index in [1.54, 1.807) is 36.1 Å². The maximum atomic E-state index is 13.3. The highest BCUT2D eigenvalue weighted by molar-refractivity contribution is 7.99. The van der Waals surface area contributed by atoms with Crippen molar-refractivity contribution in [2.24, 2.45) is 0 Å². The average Bonchev–Trinajstić information content (AvgIpc) is 2.81. The summed E-state index contributed by atoms with van der Waals surface area (Å²) < 4.78 is 13.3. The third kappa shape index (κ3) is 7.90. The number of hydrogen-bond acceptors (Lipinski definition) is 3. The second-order valence-electron chi connectivity index (χ2n) is 8.41. The number of amides is 2. The van der Waals surface area contributed by atoms with Gasteiger partial charge in [-0.25, -0.2) is 4.39 Å². The molecule has 1 N–H and O–H groups in total. The predicted octanol–water partition coefficient (Wildman–Crippen LogP) is 6.23. The molecule has 4 nitrogen and oxygen atoms in total. The number of nitrogens with one attached hydrogen (secondary N) is 1. The van der Waals surface area contributed by atoms with Crippen molar-refractivity contribution in [3.8, 4) is 0 Å². The normalized spacial score (nSPS) is 15.2. The van der Waals surface area contributed by atoms with E-state index in [9.17, 15) is 14.0 Å². The lowest BCUT2D eigenvalue weighted by Crippen LogP contribution is -2.50. The van der Waals surface area contributed by atoms with Gasteiger partial charge in [0.2, 0.25) is 11.8 Å². The SMILES string of the molecule is CC(C(=O)NC1CCCCC1)N(Cc1ccc(F)cc1)C(=O)CSCc1ccc(Cl)c(Cl)c1. The standard InChI is InChI=1S/C25H29Cl2FN2O2S/c1-17(25(32)29-21-5-3-2-4-6-21)30(14-18-7-10-20(28)11-8-18)24(31)16-33-15-19-9-12-22(26)23(27)13-19/h7-13,17,21H,2-6,14-16H2,1H3,(H,29,32). The predicted molar refractivity (Wildman–Crippen MR) is 134 cm³/mol. The van der Waals surface area contributed by atoms with Gasteiger partial charge in [-0.15, -0.1) is 11.8 Å². The van der Waals surface area contributed by atoms with Gasteiger partial charge in [0.25, 0.3) is 0 Å². The van der Waals surface area contributed by atoms with Crippen LogP contribution in [0.3, 0.4) is 0 Å². The topological polar surface area (TPSA) is 49.4 Å². The van der Waals surface area contributed by atoms with Crippen molar-refractivity contribution < 1.29 is 14.0 Å². The molecule has 3 rings (SSSR count). The van der Waals surface area contributed by atoms with Crippen molar-refractivity contribution >= 4 is 46.8 Å². The van der Waals surface area contributed by atoms with E-state index < -0.39 is 6.04 Å². The highest BCUT2D eigenvalue weighted by Gasteiger charge is 2.28. The first-order chi connectivity index (χ1) is 15.8.